The smallest absolute Gasteiger partial charge is 0.417 e. The summed E-state index contributed by atoms with van der Waals surface area (Å²) in [4.78, 5) is 14.3. The minimum Gasteiger partial charge on any atom is -0.481 e. The summed E-state index contributed by atoms with van der Waals surface area (Å²) in [7, 11) is 0. The highest BCUT2D eigenvalue weighted by Crippen LogP contribution is 2.32. The van der Waals surface area contributed by atoms with E-state index in [0.29, 0.717) is 12.6 Å². The van der Waals surface area contributed by atoms with Crippen molar-refractivity contribution in [3.05, 3.63) is 22.8 Å². The first-order valence-corrected chi connectivity index (χ1v) is 5.83. The van der Waals surface area contributed by atoms with Gasteiger partial charge in [0.15, 0.2) is 0 Å². The van der Waals surface area contributed by atoms with Gasteiger partial charge in [-0.2, -0.15) is 13.2 Å². The van der Waals surface area contributed by atoms with Crippen molar-refractivity contribution < 1.29 is 23.1 Å². The first-order chi connectivity index (χ1) is 8.75. The molecule has 19 heavy (non-hydrogen) atoms. The third-order valence-electron chi connectivity index (χ3n) is 2.53. The van der Waals surface area contributed by atoms with Crippen LogP contribution in [0.3, 0.4) is 0 Å². The predicted molar refractivity (Wildman–Crippen MR) is 64.2 cm³/mol. The van der Waals surface area contributed by atoms with Gasteiger partial charge in [-0.25, -0.2) is 4.98 Å². The molecule has 4 nitrogen and oxygen atoms in total. The fourth-order valence-electron chi connectivity index (χ4n) is 1.35. The number of alkyl halides is 3. The van der Waals surface area contributed by atoms with E-state index in [2.05, 4.69) is 10.3 Å². The van der Waals surface area contributed by atoms with E-state index in [-0.39, 0.29) is 17.4 Å². The Morgan fingerprint density at radius 2 is 2.21 bits per heavy atom. The molecule has 106 valence electrons. The molecule has 0 aliphatic heterocycles. The molecular weight excluding hydrogens is 285 g/mol. The van der Waals surface area contributed by atoms with Crippen molar-refractivity contribution in [1.29, 1.82) is 0 Å². The van der Waals surface area contributed by atoms with E-state index in [9.17, 15) is 18.0 Å². The van der Waals surface area contributed by atoms with Gasteiger partial charge in [0.2, 0.25) is 0 Å². The van der Waals surface area contributed by atoms with Gasteiger partial charge in [-0.3, -0.25) is 4.79 Å². The number of hydrogen-bond acceptors (Lipinski definition) is 3. The molecule has 1 heterocycles. The summed E-state index contributed by atoms with van der Waals surface area (Å²) in [6, 6.07) is 0.749. The molecule has 1 aromatic rings. The van der Waals surface area contributed by atoms with Crippen molar-refractivity contribution in [3.8, 4) is 0 Å². The second kappa shape index (κ2) is 6.10. The van der Waals surface area contributed by atoms with Gasteiger partial charge < -0.3 is 10.4 Å². The topological polar surface area (TPSA) is 62.2 Å². The minimum atomic E-state index is -4.51. The molecule has 0 aliphatic rings. The first kappa shape index (κ1) is 15.6. The van der Waals surface area contributed by atoms with Crippen molar-refractivity contribution in [2.75, 3.05) is 11.9 Å². The number of aliphatic carboxylic acids is 1. The molecule has 0 spiro atoms. The van der Waals surface area contributed by atoms with E-state index in [1.54, 1.807) is 6.92 Å². The molecule has 2 N–H and O–H groups in total. The zero-order valence-electron chi connectivity index (χ0n) is 9.96. The minimum absolute atomic E-state index is 0.0365. The van der Waals surface area contributed by atoms with Crippen molar-refractivity contribution >= 4 is 23.4 Å². The van der Waals surface area contributed by atoms with E-state index in [4.69, 9.17) is 16.7 Å². The highest BCUT2D eigenvalue weighted by Gasteiger charge is 2.31. The number of hydrogen-bond donors (Lipinski definition) is 2. The molecule has 8 heteroatoms. The number of pyridine rings is 1. The Morgan fingerprint density at radius 1 is 1.58 bits per heavy atom. The molecule has 0 saturated carbocycles. The van der Waals surface area contributed by atoms with Crippen LogP contribution in [0.15, 0.2) is 12.3 Å². The summed E-state index contributed by atoms with van der Waals surface area (Å²) in [5.41, 5.74) is -0.951. The Bertz CT molecular complexity index is 466. The number of carboxylic acids is 1. The Kier molecular flexibility index (Phi) is 4.99. The normalized spacial score (nSPS) is 13.1. The molecule has 0 saturated heterocycles. The molecule has 1 unspecified atom stereocenters. The number of carboxylic acid groups (broad SMARTS) is 1. The van der Waals surface area contributed by atoms with Crippen LogP contribution in [-0.2, 0) is 11.0 Å². The Hall–Kier alpha value is -1.50. The Balaban J connectivity index is 2.78. The summed E-state index contributed by atoms with van der Waals surface area (Å²) in [5.74, 6) is -1.60. The van der Waals surface area contributed by atoms with E-state index in [1.807, 2.05) is 0 Å². The molecule has 0 amide bonds. The quantitative estimate of drug-likeness (QED) is 0.875. The zero-order valence-corrected chi connectivity index (χ0v) is 10.7. The summed E-state index contributed by atoms with van der Waals surface area (Å²) >= 11 is 5.67. The van der Waals surface area contributed by atoms with Crippen LogP contribution in [0.2, 0.25) is 5.02 Å². The van der Waals surface area contributed by atoms with Crippen LogP contribution in [-0.4, -0.2) is 22.6 Å². The molecule has 0 radical (unpaired) electrons. The van der Waals surface area contributed by atoms with Gasteiger partial charge >= 0.3 is 12.1 Å². The lowest BCUT2D eigenvalue weighted by Gasteiger charge is -2.13. The lowest BCUT2D eigenvalue weighted by molar-refractivity contribution is -0.141. The summed E-state index contributed by atoms with van der Waals surface area (Å²) in [6.07, 6.45) is -3.47. The van der Waals surface area contributed by atoms with Crippen LogP contribution in [0.25, 0.3) is 0 Å². The van der Waals surface area contributed by atoms with E-state index in [0.717, 1.165) is 6.07 Å². The second-order valence-corrected chi connectivity index (χ2v) is 4.28. The fourth-order valence-corrected chi connectivity index (χ4v) is 1.58. The lowest BCUT2D eigenvalue weighted by atomic mass is 10.1. The molecule has 0 bridgehead atoms. The number of anilines is 1. The van der Waals surface area contributed by atoms with Gasteiger partial charge in [-0.1, -0.05) is 18.5 Å². The van der Waals surface area contributed by atoms with Crippen molar-refractivity contribution in [3.63, 3.8) is 0 Å². The van der Waals surface area contributed by atoms with Crippen molar-refractivity contribution in [1.82, 2.24) is 4.98 Å². The van der Waals surface area contributed by atoms with Gasteiger partial charge in [0.25, 0.3) is 0 Å². The number of carbonyl (C=O) groups is 1. The molecule has 1 aromatic heterocycles. The van der Waals surface area contributed by atoms with Gasteiger partial charge in [0, 0.05) is 12.7 Å². The van der Waals surface area contributed by atoms with E-state index >= 15 is 0 Å². The van der Waals surface area contributed by atoms with Crippen LogP contribution in [0.5, 0.6) is 0 Å². The van der Waals surface area contributed by atoms with Crippen molar-refractivity contribution in [2.45, 2.75) is 19.5 Å². The SMILES string of the molecule is CCC(CNc1ncc(C(F)(F)F)cc1Cl)C(=O)O. The molecule has 1 rings (SSSR count). The monoisotopic (exact) mass is 296 g/mol. The maximum absolute atomic E-state index is 12.4. The number of halogens is 4. The largest absolute Gasteiger partial charge is 0.481 e. The maximum Gasteiger partial charge on any atom is 0.417 e. The molecule has 0 aromatic carbocycles. The second-order valence-electron chi connectivity index (χ2n) is 3.88. The molecule has 0 fully saturated rings. The molecular formula is C11H12ClF3N2O2. The van der Waals surface area contributed by atoms with Gasteiger partial charge in [0.1, 0.15) is 5.82 Å². The van der Waals surface area contributed by atoms with Gasteiger partial charge in [-0.15, -0.1) is 0 Å². The first-order valence-electron chi connectivity index (χ1n) is 5.45. The number of nitrogens with one attached hydrogen (secondary N) is 1. The molecule has 0 aliphatic carbocycles. The number of nitrogens with zero attached hydrogens (tertiary/aromatic N) is 1. The average Bonchev–Trinajstić information content (AvgIpc) is 2.29. The van der Waals surface area contributed by atoms with E-state index in [1.165, 1.54) is 0 Å². The van der Waals surface area contributed by atoms with Gasteiger partial charge in [0.05, 0.1) is 16.5 Å². The Labute approximate surface area is 112 Å². The van der Waals surface area contributed by atoms with Crippen LogP contribution in [0.1, 0.15) is 18.9 Å². The average molecular weight is 297 g/mol. The zero-order chi connectivity index (χ0) is 14.6. The van der Waals surface area contributed by atoms with Crippen LogP contribution < -0.4 is 5.32 Å². The number of aromatic nitrogens is 1. The third-order valence-corrected chi connectivity index (χ3v) is 2.81. The highest BCUT2D eigenvalue weighted by molar-refractivity contribution is 6.32. The fraction of sp³-hybridized carbons (Fsp3) is 0.455. The maximum atomic E-state index is 12.4. The third kappa shape index (κ3) is 4.27. The summed E-state index contributed by atoms with van der Waals surface area (Å²) in [6.45, 7) is 1.74. The molecule has 1 atom stereocenters. The van der Waals surface area contributed by atoms with Crippen LogP contribution in [0, 0.1) is 5.92 Å². The lowest BCUT2D eigenvalue weighted by Crippen LogP contribution is -2.22. The van der Waals surface area contributed by atoms with Crippen LogP contribution in [0.4, 0.5) is 19.0 Å². The van der Waals surface area contributed by atoms with Gasteiger partial charge in [-0.05, 0) is 12.5 Å². The predicted octanol–water partition coefficient (Wildman–Crippen LogP) is 3.28. The Morgan fingerprint density at radius 3 is 2.63 bits per heavy atom. The summed E-state index contributed by atoms with van der Waals surface area (Å²) in [5, 5.41) is 11.3. The standard InChI is InChI=1S/C11H12ClF3N2O2/c1-2-6(10(18)19)4-16-9-8(12)3-7(5-17-9)11(13,14)15/h3,5-6H,2,4H2,1H3,(H,16,17)(H,18,19). The highest BCUT2D eigenvalue weighted by atomic mass is 35.5. The summed E-state index contributed by atoms with van der Waals surface area (Å²) < 4.78 is 37.1. The van der Waals surface area contributed by atoms with Crippen LogP contribution >= 0.6 is 11.6 Å². The number of rotatable bonds is 5. The van der Waals surface area contributed by atoms with E-state index < -0.39 is 23.6 Å². The van der Waals surface area contributed by atoms with Crippen molar-refractivity contribution in [2.24, 2.45) is 5.92 Å².